The van der Waals surface area contributed by atoms with Gasteiger partial charge in [-0.15, -0.1) is 0 Å². The van der Waals surface area contributed by atoms with Crippen molar-refractivity contribution in [2.24, 2.45) is 28.3 Å². The predicted molar refractivity (Wildman–Crippen MR) is 174 cm³/mol. The Morgan fingerprint density at radius 3 is 2.50 bits per heavy atom. The van der Waals surface area contributed by atoms with Crippen molar-refractivity contribution in [3.63, 3.8) is 0 Å². The molecule has 2 heterocycles. The van der Waals surface area contributed by atoms with Gasteiger partial charge >= 0.3 is 0 Å². The molecule has 3 rings (SSSR count). The molecule has 0 unspecified atom stereocenters. The minimum Gasteiger partial charge on any atom is -0.467 e. The highest BCUT2D eigenvalue weighted by molar-refractivity contribution is 5.80. The highest BCUT2D eigenvalue weighted by Gasteiger charge is 2.51. The van der Waals surface area contributed by atoms with E-state index in [9.17, 15) is 20.1 Å². The van der Waals surface area contributed by atoms with Crippen molar-refractivity contribution >= 4 is 11.7 Å². The first-order valence-electron chi connectivity index (χ1n) is 16.5. The summed E-state index contributed by atoms with van der Waals surface area (Å²) in [6.07, 6.45) is -5.71. The van der Waals surface area contributed by atoms with Crippen LogP contribution < -0.4 is 38.9 Å². The summed E-state index contributed by atoms with van der Waals surface area (Å²) in [5.41, 5.74) is 23.2. The maximum atomic E-state index is 12.8. The number of nitrogens with one attached hydrogen (secondary N) is 4. The van der Waals surface area contributed by atoms with Crippen molar-refractivity contribution in [1.82, 2.24) is 16.0 Å². The highest BCUT2D eigenvalue weighted by atomic mass is 16.7. The van der Waals surface area contributed by atoms with E-state index in [1.165, 1.54) is 0 Å². The van der Waals surface area contributed by atoms with Gasteiger partial charge in [-0.25, -0.2) is 0 Å². The number of likely N-dealkylation sites (N-methyl/N-ethyl adjacent to an activating group) is 1. The molecule has 18 heteroatoms. The number of rotatable bonds is 19. The fourth-order valence-electron chi connectivity index (χ4n) is 6.06. The molecule has 18 nitrogen and oxygen atoms in total. The maximum absolute atomic E-state index is 12.8. The monoisotopic (exact) mass is 690 g/mol. The Hall–Kier alpha value is -2.04. The molecule has 1 aliphatic carbocycles. The van der Waals surface area contributed by atoms with E-state index in [1.54, 1.807) is 7.05 Å². The zero-order valence-corrected chi connectivity index (χ0v) is 28.2. The number of amidine groups is 1. The lowest BCUT2D eigenvalue weighted by Crippen LogP contribution is -2.68. The standard InChI is InChI=1S/C30H58N8O10/c1-30(2)15-45-29(23(41)26(30)36-3)48-25-19(38-27(42)20(39)6-7-31)12-18(33)24(22(25)40)47-28-17(32)5-4-16(46-28)13-37-8-9-43-10-11-44-14-21(34)35/h4,17-20,22-26,28-29,36-37,39-41H,5-15,31-33H2,1-3H3,(H3,34,35)(H,38,42)/t17-,18+,19-,20+,22+,23-,24-,25+,26-,28-,29-/m1/s1. The Bertz CT molecular complexity index is 1040. The lowest BCUT2D eigenvalue weighted by atomic mass is 9.79. The van der Waals surface area contributed by atoms with E-state index in [0.29, 0.717) is 45.1 Å². The molecule has 48 heavy (non-hydrogen) atoms. The van der Waals surface area contributed by atoms with Crippen LogP contribution in [-0.4, -0.2) is 154 Å². The zero-order valence-electron chi connectivity index (χ0n) is 28.2. The Morgan fingerprint density at radius 1 is 1.10 bits per heavy atom. The molecule has 278 valence electrons. The Morgan fingerprint density at radius 2 is 1.81 bits per heavy atom. The second-order valence-corrected chi connectivity index (χ2v) is 13.1. The van der Waals surface area contributed by atoms with Crippen LogP contribution in [0.3, 0.4) is 0 Å². The van der Waals surface area contributed by atoms with Crippen LogP contribution in [0.5, 0.6) is 0 Å². The number of hydrogen-bond acceptors (Lipinski definition) is 16. The maximum Gasteiger partial charge on any atom is 0.249 e. The third-order valence-electron chi connectivity index (χ3n) is 8.65. The van der Waals surface area contributed by atoms with Crippen molar-refractivity contribution in [2.45, 2.75) is 100 Å². The van der Waals surface area contributed by atoms with Crippen molar-refractivity contribution in [1.29, 1.82) is 5.41 Å². The van der Waals surface area contributed by atoms with Gasteiger partial charge in [0.2, 0.25) is 12.2 Å². The Kier molecular flexibility index (Phi) is 16.3. The van der Waals surface area contributed by atoms with Crippen LogP contribution in [-0.2, 0) is 33.2 Å². The molecule has 15 N–H and O–H groups in total. The second-order valence-electron chi connectivity index (χ2n) is 13.1. The smallest absolute Gasteiger partial charge is 0.249 e. The van der Waals surface area contributed by atoms with E-state index in [0.717, 1.165) is 0 Å². The van der Waals surface area contributed by atoms with Crippen molar-refractivity contribution in [2.75, 3.05) is 59.7 Å². The molecule has 0 spiro atoms. The van der Waals surface area contributed by atoms with Crippen LogP contribution in [0.4, 0.5) is 0 Å². The quantitative estimate of drug-likeness (QED) is 0.0349. The molecule has 1 amide bonds. The molecule has 1 saturated heterocycles. The highest BCUT2D eigenvalue weighted by Crippen LogP contribution is 2.34. The number of aliphatic hydroxyl groups is 3. The summed E-state index contributed by atoms with van der Waals surface area (Å²) in [5, 5.41) is 49.3. The first-order valence-corrected chi connectivity index (χ1v) is 16.5. The molecule has 0 aromatic carbocycles. The molecule has 0 radical (unpaired) electrons. The number of carbonyl (C=O) groups is 1. The van der Waals surface area contributed by atoms with Crippen molar-refractivity contribution in [3.8, 4) is 0 Å². The minimum atomic E-state index is -1.41. The van der Waals surface area contributed by atoms with E-state index < -0.39 is 78.6 Å². The molecule has 0 aromatic rings. The molecule has 3 aliphatic rings. The van der Waals surface area contributed by atoms with Crippen molar-refractivity contribution in [3.05, 3.63) is 11.8 Å². The van der Waals surface area contributed by atoms with Gasteiger partial charge in [0.25, 0.3) is 0 Å². The summed E-state index contributed by atoms with van der Waals surface area (Å²) in [7, 11) is 1.73. The number of aliphatic hydroxyl groups excluding tert-OH is 3. The Labute approximate surface area is 282 Å². The summed E-state index contributed by atoms with van der Waals surface area (Å²) < 4.78 is 35.1. The normalized spacial score (nSPS) is 34.1. The average molecular weight is 691 g/mol. The number of carbonyl (C=O) groups excluding carboxylic acids is 1. The van der Waals surface area contributed by atoms with Gasteiger partial charge in [-0.3, -0.25) is 10.2 Å². The molecule has 2 aliphatic heterocycles. The molecule has 1 saturated carbocycles. The predicted octanol–water partition coefficient (Wildman–Crippen LogP) is -4.11. The van der Waals surface area contributed by atoms with Crippen LogP contribution in [0.15, 0.2) is 11.8 Å². The van der Waals surface area contributed by atoms with E-state index >= 15 is 0 Å². The fraction of sp³-hybridized carbons (Fsp3) is 0.867. The molecule has 0 aromatic heterocycles. The fourth-order valence-corrected chi connectivity index (χ4v) is 6.06. The van der Waals surface area contributed by atoms with Crippen LogP contribution >= 0.6 is 0 Å². The van der Waals surface area contributed by atoms with Gasteiger partial charge in [-0.2, -0.15) is 0 Å². The summed E-state index contributed by atoms with van der Waals surface area (Å²) >= 11 is 0. The van der Waals surface area contributed by atoms with E-state index in [1.807, 2.05) is 19.9 Å². The summed E-state index contributed by atoms with van der Waals surface area (Å²) in [5.74, 6) is -0.138. The van der Waals surface area contributed by atoms with Gasteiger partial charge in [0.15, 0.2) is 6.29 Å². The van der Waals surface area contributed by atoms with E-state index in [2.05, 4.69) is 16.0 Å². The lowest BCUT2D eigenvalue weighted by molar-refractivity contribution is -0.295. The molecular formula is C30H58N8O10. The van der Waals surface area contributed by atoms with Gasteiger partial charge in [0.1, 0.15) is 48.7 Å². The summed E-state index contributed by atoms with van der Waals surface area (Å²) in [6, 6.07) is -2.61. The van der Waals surface area contributed by atoms with Crippen molar-refractivity contribution < 1.29 is 48.5 Å². The van der Waals surface area contributed by atoms with Crippen LogP contribution in [0, 0.1) is 10.8 Å². The van der Waals surface area contributed by atoms with E-state index in [4.69, 9.17) is 56.8 Å². The zero-order chi connectivity index (χ0) is 35.4. The number of amides is 1. The molecule has 0 bridgehead atoms. The number of hydrogen-bond donors (Lipinski definition) is 11. The average Bonchev–Trinajstić information content (AvgIpc) is 3.02. The number of nitrogens with two attached hydrogens (primary N) is 4. The van der Waals surface area contributed by atoms with E-state index in [-0.39, 0.29) is 38.4 Å². The first kappa shape index (κ1) is 40.4. The third-order valence-corrected chi connectivity index (χ3v) is 8.65. The van der Waals surface area contributed by atoms with Gasteiger partial charge in [0.05, 0.1) is 45.1 Å². The van der Waals surface area contributed by atoms with Crippen LogP contribution in [0.25, 0.3) is 0 Å². The van der Waals surface area contributed by atoms with Gasteiger partial charge in [0, 0.05) is 24.0 Å². The topological polar surface area (TPSA) is 297 Å². The molecule has 11 atom stereocenters. The van der Waals surface area contributed by atoms with Gasteiger partial charge in [-0.1, -0.05) is 13.8 Å². The third kappa shape index (κ3) is 11.5. The SMILES string of the molecule is CN[C@@H]1[C@@H](O)[C@@H](O[C@@H]2[C@@H](O)[C@H](O[C@H]3OC(CNCCOCCOCC(=N)N)=CC[C@H]3N)[C@@H](N)C[C@H]2NC(=O)[C@@H](O)CCN)OCC1(C)C. The first-order chi connectivity index (χ1) is 22.8. The summed E-state index contributed by atoms with van der Waals surface area (Å²) in [6.45, 7) is 6.35. The van der Waals surface area contributed by atoms with Crippen LogP contribution in [0.2, 0.25) is 0 Å². The number of ether oxygens (including phenoxy) is 6. The largest absolute Gasteiger partial charge is 0.467 e. The lowest BCUT2D eigenvalue weighted by Gasteiger charge is -2.49. The second kappa shape index (κ2) is 19.4. The van der Waals surface area contributed by atoms with Gasteiger partial charge in [-0.05, 0) is 38.9 Å². The molecular weight excluding hydrogens is 632 g/mol. The minimum absolute atomic E-state index is 0.0407. The molecule has 2 fully saturated rings. The van der Waals surface area contributed by atoms with Crippen LogP contribution in [0.1, 0.15) is 33.1 Å². The Balaban J connectivity index is 1.63. The summed E-state index contributed by atoms with van der Waals surface area (Å²) in [4.78, 5) is 12.8. The van der Waals surface area contributed by atoms with Gasteiger partial charge < -0.3 is 82.6 Å².